The van der Waals surface area contributed by atoms with Crippen LogP contribution in [0.2, 0.25) is 0 Å². The second kappa shape index (κ2) is 11.7. The van der Waals surface area contributed by atoms with Crippen molar-refractivity contribution in [1.29, 1.82) is 0 Å². The number of rotatable bonds is 9. The lowest BCUT2D eigenvalue weighted by molar-refractivity contribution is 0.0948. The molecule has 3 heterocycles. The number of hydrogen-bond donors (Lipinski definition) is 2. The van der Waals surface area contributed by atoms with Crippen LogP contribution >= 0.6 is 11.3 Å². The summed E-state index contributed by atoms with van der Waals surface area (Å²) < 4.78 is 22.1. The lowest BCUT2D eigenvalue weighted by atomic mass is 10.2. The number of carbonyl (C=O) groups excluding carboxylic acids is 2. The number of halogens is 1. The van der Waals surface area contributed by atoms with Crippen molar-refractivity contribution in [3.05, 3.63) is 112 Å². The number of anilines is 1. The van der Waals surface area contributed by atoms with Crippen molar-refractivity contribution in [1.82, 2.24) is 25.3 Å². The first-order valence-electron chi connectivity index (χ1n) is 12.0. The van der Waals surface area contributed by atoms with Crippen LogP contribution in [0.4, 0.5) is 10.1 Å². The van der Waals surface area contributed by atoms with Crippen LogP contribution in [0.1, 0.15) is 31.5 Å². The van der Waals surface area contributed by atoms with Gasteiger partial charge in [-0.15, -0.1) is 16.4 Å². The second-order valence-corrected chi connectivity index (χ2v) is 9.47. The van der Waals surface area contributed by atoms with Gasteiger partial charge in [0.1, 0.15) is 11.4 Å². The molecule has 0 atom stereocenters. The van der Waals surface area contributed by atoms with Crippen LogP contribution in [-0.2, 0) is 6.42 Å². The number of thiophene rings is 1. The summed E-state index contributed by atoms with van der Waals surface area (Å²) in [5, 5.41) is 15.5. The monoisotopic (exact) mass is 542 g/mol. The predicted octanol–water partition coefficient (Wildman–Crippen LogP) is 5.19. The van der Waals surface area contributed by atoms with Crippen molar-refractivity contribution in [2.75, 3.05) is 11.9 Å². The number of hydrogen-bond acceptors (Lipinski definition) is 7. The molecular weight excluding hydrogens is 519 g/mol. The molecule has 5 aromatic rings. The molecule has 5 rings (SSSR count). The fraction of sp³-hybridized carbons (Fsp3) is 0.107. The maximum atomic E-state index is 14.9. The van der Waals surface area contributed by atoms with E-state index in [4.69, 9.17) is 4.74 Å². The molecule has 2 amide bonds. The van der Waals surface area contributed by atoms with Gasteiger partial charge >= 0.3 is 0 Å². The molecule has 0 saturated carbocycles. The summed E-state index contributed by atoms with van der Waals surface area (Å²) in [6.07, 6.45) is 2.14. The fourth-order valence-electron chi connectivity index (χ4n) is 3.78. The van der Waals surface area contributed by atoms with Gasteiger partial charge in [-0.3, -0.25) is 14.6 Å². The lowest BCUT2D eigenvalue weighted by Crippen LogP contribution is -2.26. The van der Waals surface area contributed by atoms with Crippen LogP contribution in [0.25, 0.3) is 5.69 Å². The Kier molecular flexibility index (Phi) is 7.69. The summed E-state index contributed by atoms with van der Waals surface area (Å²) in [7, 11) is 0. The van der Waals surface area contributed by atoms with E-state index >= 15 is 0 Å². The first-order chi connectivity index (χ1) is 19.0. The summed E-state index contributed by atoms with van der Waals surface area (Å²) in [6.45, 7) is 2.20. The summed E-state index contributed by atoms with van der Waals surface area (Å²) in [6, 6.07) is 20.3. The zero-order chi connectivity index (χ0) is 27.2. The number of benzene rings is 2. The summed E-state index contributed by atoms with van der Waals surface area (Å²) in [4.78, 5) is 30.5. The van der Waals surface area contributed by atoms with E-state index in [2.05, 4.69) is 25.9 Å². The number of amides is 2. The highest BCUT2D eigenvalue weighted by Crippen LogP contribution is 2.27. The molecule has 0 aliphatic rings. The van der Waals surface area contributed by atoms with Gasteiger partial charge in [0.25, 0.3) is 11.8 Å². The molecular formula is C28H23FN6O3S. The van der Waals surface area contributed by atoms with Gasteiger partial charge in [-0.05, 0) is 55.1 Å². The van der Waals surface area contributed by atoms with E-state index in [0.29, 0.717) is 12.2 Å². The van der Waals surface area contributed by atoms with Gasteiger partial charge in [0.05, 0.1) is 11.4 Å². The van der Waals surface area contributed by atoms with Crippen molar-refractivity contribution < 1.29 is 18.7 Å². The van der Waals surface area contributed by atoms with E-state index < -0.39 is 11.7 Å². The van der Waals surface area contributed by atoms with E-state index in [9.17, 15) is 14.0 Å². The number of nitrogens with zero attached hydrogens (tertiary/aromatic N) is 4. The lowest BCUT2D eigenvalue weighted by Gasteiger charge is -2.10. The van der Waals surface area contributed by atoms with Gasteiger partial charge in [0, 0.05) is 35.4 Å². The molecule has 196 valence electrons. The van der Waals surface area contributed by atoms with Crippen molar-refractivity contribution in [3.8, 4) is 17.2 Å². The predicted molar refractivity (Wildman–Crippen MR) is 145 cm³/mol. The highest BCUT2D eigenvalue weighted by Gasteiger charge is 2.18. The maximum absolute atomic E-state index is 14.9. The Morgan fingerprint density at radius 3 is 2.64 bits per heavy atom. The van der Waals surface area contributed by atoms with E-state index in [-0.39, 0.29) is 34.5 Å². The molecule has 0 spiro atoms. The average Bonchev–Trinajstić information content (AvgIpc) is 3.60. The standard InChI is InChI=1S/C28H23FN6O3S/c1-18-26(33-34-35(18)20-6-3-2-4-7-20)28(37)32-19-9-10-25(23(29)16-19)38-21-11-13-30-24(17-21)27(36)31-14-12-22-8-5-15-39-22/h2-11,13,15-17H,12,14H2,1H3,(H,31,36)(H,32,37). The third kappa shape index (κ3) is 6.16. The number of ether oxygens (including phenoxy) is 1. The third-order valence-corrected chi connectivity index (χ3v) is 6.67. The minimum atomic E-state index is -0.698. The first-order valence-corrected chi connectivity index (χ1v) is 12.9. The number of nitrogens with one attached hydrogen (secondary N) is 2. The minimum absolute atomic E-state index is 0.0746. The Morgan fingerprint density at radius 2 is 1.87 bits per heavy atom. The van der Waals surface area contributed by atoms with Crippen LogP contribution < -0.4 is 15.4 Å². The molecule has 0 unspecified atom stereocenters. The molecule has 11 heteroatoms. The Labute approximate surface area is 227 Å². The number of aromatic nitrogens is 4. The summed E-state index contributed by atoms with van der Waals surface area (Å²) in [5.41, 5.74) is 1.81. The smallest absolute Gasteiger partial charge is 0.278 e. The molecule has 2 aromatic carbocycles. The topological polar surface area (TPSA) is 111 Å². The summed E-state index contributed by atoms with van der Waals surface area (Å²) in [5.74, 6) is -1.40. The van der Waals surface area contributed by atoms with Crippen LogP contribution in [0.5, 0.6) is 11.5 Å². The molecule has 0 aliphatic carbocycles. The molecule has 0 bridgehead atoms. The Hall–Kier alpha value is -4.90. The largest absolute Gasteiger partial charge is 0.454 e. The highest BCUT2D eigenvalue weighted by atomic mass is 32.1. The fourth-order valence-corrected chi connectivity index (χ4v) is 4.48. The van der Waals surface area contributed by atoms with E-state index in [1.165, 1.54) is 35.3 Å². The van der Waals surface area contributed by atoms with Crippen molar-refractivity contribution in [2.24, 2.45) is 0 Å². The van der Waals surface area contributed by atoms with Crippen LogP contribution in [0.15, 0.2) is 84.4 Å². The van der Waals surface area contributed by atoms with Crippen LogP contribution in [0.3, 0.4) is 0 Å². The zero-order valence-electron chi connectivity index (χ0n) is 20.8. The van der Waals surface area contributed by atoms with Crippen molar-refractivity contribution in [3.63, 3.8) is 0 Å². The summed E-state index contributed by atoms with van der Waals surface area (Å²) >= 11 is 1.63. The quantitative estimate of drug-likeness (QED) is 0.265. The van der Waals surface area contributed by atoms with Gasteiger partial charge in [-0.1, -0.05) is 29.5 Å². The molecule has 0 radical (unpaired) electrons. The Morgan fingerprint density at radius 1 is 1.03 bits per heavy atom. The van der Waals surface area contributed by atoms with Gasteiger partial charge < -0.3 is 15.4 Å². The Balaban J connectivity index is 1.21. The molecule has 3 aromatic heterocycles. The van der Waals surface area contributed by atoms with Crippen molar-refractivity contribution in [2.45, 2.75) is 13.3 Å². The van der Waals surface area contributed by atoms with E-state index in [1.54, 1.807) is 22.9 Å². The van der Waals surface area contributed by atoms with Gasteiger partial charge in [0.15, 0.2) is 17.3 Å². The average molecular weight is 543 g/mol. The minimum Gasteiger partial charge on any atom is -0.454 e. The van der Waals surface area contributed by atoms with E-state index in [1.807, 2.05) is 47.8 Å². The van der Waals surface area contributed by atoms with Crippen LogP contribution in [-0.4, -0.2) is 38.3 Å². The Bertz CT molecular complexity index is 1610. The van der Waals surface area contributed by atoms with Gasteiger partial charge in [-0.25, -0.2) is 9.07 Å². The van der Waals surface area contributed by atoms with Gasteiger partial charge in [0.2, 0.25) is 0 Å². The van der Waals surface area contributed by atoms with Gasteiger partial charge in [-0.2, -0.15) is 0 Å². The molecule has 0 saturated heterocycles. The molecule has 39 heavy (non-hydrogen) atoms. The molecule has 0 fully saturated rings. The van der Waals surface area contributed by atoms with Crippen LogP contribution in [0, 0.1) is 12.7 Å². The molecule has 9 nitrogen and oxygen atoms in total. The zero-order valence-corrected chi connectivity index (χ0v) is 21.6. The van der Waals surface area contributed by atoms with E-state index in [0.717, 1.165) is 18.2 Å². The third-order valence-electron chi connectivity index (χ3n) is 5.73. The molecule has 0 aliphatic heterocycles. The number of para-hydroxylation sites is 1. The molecule has 2 N–H and O–H groups in total. The normalized spacial score (nSPS) is 10.7. The maximum Gasteiger partial charge on any atom is 0.278 e. The first kappa shape index (κ1) is 25.7. The second-order valence-electron chi connectivity index (χ2n) is 8.43. The number of carbonyl (C=O) groups is 2. The number of pyridine rings is 1. The highest BCUT2D eigenvalue weighted by molar-refractivity contribution is 7.09. The SMILES string of the molecule is Cc1c(C(=O)Nc2ccc(Oc3ccnc(C(=O)NCCc4cccs4)c3)c(F)c2)nnn1-c1ccccc1. The van der Waals surface area contributed by atoms with Crippen molar-refractivity contribution >= 4 is 28.8 Å².